The molecule has 2 aromatic heterocycles. The highest BCUT2D eigenvalue weighted by Gasteiger charge is 2.42. The number of hydrogen-bond donors (Lipinski definition) is 1. The Morgan fingerprint density at radius 1 is 0.900 bits per heavy atom. The predicted molar refractivity (Wildman–Crippen MR) is 157 cm³/mol. The zero-order chi connectivity index (χ0) is 27.6. The lowest BCUT2D eigenvalue weighted by molar-refractivity contribution is -0.384. The number of nitrogens with one attached hydrogen (secondary N) is 1. The number of rotatable bonds is 7. The second-order valence-corrected chi connectivity index (χ2v) is 10.6. The number of pyridine rings is 1. The minimum Gasteiger partial charge on any atom is -0.351 e. The van der Waals surface area contributed by atoms with Gasteiger partial charge in [-0.3, -0.25) is 15.1 Å². The van der Waals surface area contributed by atoms with Crippen molar-refractivity contribution in [2.75, 3.05) is 4.90 Å². The molecule has 1 N–H and O–H groups in total. The number of nitro groups is 1. The van der Waals surface area contributed by atoms with E-state index in [0.717, 1.165) is 26.9 Å². The fraction of sp³-hybridized carbons (Fsp3) is 0.0667. The van der Waals surface area contributed by atoms with Gasteiger partial charge in [-0.15, -0.1) is 0 Å². The molecule has 1 saturated heterocycles. The van der Waals surface area contributed by atoms with Gasteiger partial charge in [-0.25, -0.2) is 4.39 Å². The van der Waals surface area contributed by atoms with Gasteiger partial charge in [0, 0.05) is 45.7 Å². The first kappa shape index (κ1) is 25.7. The molecule has 0 saturated carbocycles. The van der Waals surface area contributed by atoms with E-state index in [2.05, 4.69) is 10.3 Å². The van der Waals surface area contributed by atoms with Crippen molar-refractivity contribution in [2.24, 2.45) is 0 Å². The van der Waals surface area contributed by atoms with Crippen LogP contribution in [0, 0.1) is 15.9 Å². The lowest BCUT2D eigenvalue weighted by atomic mass is 10.0. The highest BCUT2D eigenvalue weighted by Crippen LogP contribution is 2.43. The van der Waals surface area contributed by atoms with Crippen molar-refractivity contribution in [3.63, 3.8) is 0 Å². The molecule has 0 bridgehead atoms. The molecule has 2 atom stereocenters. The quantitative estimate of drug-likeness (QED) is 0.126. The number of non-ortho nitro benzene ring substituents is 1. The summed E-state index contributed by atoms with van der Waals surface area (Å²) < 4.78 is 16.8. The second kappa shape index (κ2) is 10.9. The maximum atomic E-state index is 14.9. The van der Waals surface area contributed by atoms with Crippen molar-refractivity contribution in [1.82, 2.24) is 14.9 Å². The summed E-state index contributed by atoms with van der Waals surface area (Å²) in [6.07, 6.45) is 3.60. The van der Waals surface area contributed by atoms with Crippen LogP contribution in [0.25, 0.3) is 5.69 Å². The molecule has 6 rings (SSSR count). The summed E-state index contributed by atoms with van der Waals surface area (Å²) in [5, 5.41) is 14.9. The molecule has 198 valence electrons. The van der Waals surface area contributed by atoms with E-state index in [1.807, 2.05) is 76.3 Å². The maximum absolute atomic E-state index is 14.9. The maximum Gasteiger partial charge on any atom is 0.269 e. The number of aromatic nitrogens is 2. The third-order valence-electron chi connectivity index (χ3n) is 6.69. The topological polar surface area (TPSA) is 76.2 Å². The Bertz CT molecular complexity index is 1680. The fourth-order valence-corrected chi connectivity index (χ4v) is 6.04. The van der Waals surface area contributed by atoms with E-state index in [4.69, 9.17) is 12.2 Å². The van der Waals surface area contributed by atoms with Gasteiger partial charge in [-0.1, -0.05) is 30.0 Å². The summed E-state index contributed by atoms with van der Waals surface area (Å²) in [6, 6.07) is 30.2. The molecule has 5 aromatic rings. The Morgan fingerprint density at radius 3 is 2.27 bits per heavy atom. The van der Waals surface area contributed by atoms with Crippen LogP contribution in [0.5, 0.6) is 0 Å². The molecule has 10 heteroatoms. The lowest BCUT2D eigenvalue weighted by Gasteiger charge is -2.29. The molecule has 0 unspecified atom stereocenters. The van der Waals surface area contributed by atoms with Crippen LogP contribution in [0.15, 0.2) is 125 Å². The van der Waals surface area contributed by atoms with Gasteiger partial charge in [0.15, 0.2) is 5.11 Å². The number of nitro benzene ring substituents is 1. The molecule has 3 aromatic carbocycles. The van der Waals surface area contributed by atoms with Gasteiger partial charge in [0.2, 0.25) is 0 Å². The van der Waals surface area contributed by atoms with Gasteiger partial charge in [-0.05, 0) is 85.0 Å². The van der Waals surface area contributed by atoms with E-state index in [-0.39, 0.29) is 23.6 Å². The number of thiocarbonyl (C=S) groups is 1. The van der Waals surface area contributed by atoms with Crippen LogP contribution in [0.2, 0.25) is 0 Å². The first-order chi connectivity index (χ1) is 19.5. The van der Waals surface area contributed by atoms with Gasteiger partial charge >= 0.3 is 0 Å². The molecule has 0 radical (unpaired) electrons. The van der Waals surface area contributed by atoms with Gasteiger partial charge in [-0.2, -0.15) is 0 Å². The molecule has 0 spiro atoms. The van der Waals surface area contributed by atoms with Gasteiger partial charge in [0.05, 0.1) is 22.3 Å². The van der Waals surface area contributed by atoms with E-state index in [0.29, 0.717) is 10.8 Å². The van der Waals surface area contributed by atoms with Crippen LogP contribution >= 0.6 is 24.0 Å². The third kappa shape index (κ3) is 4.94. The monoisotopic (exact) mass is 567 g/mol. The van der Waals surface area contributed by atoms with E-state index >= 15 is 0 Å². The van der Waals surface area contributed by atoms with Crippen LogP contribution in [0.1, 0.15) is 23.5 Å². The number of halogens is 1. The third-order valence-corrected chi connectivity index (χ3v) is 8.02. The van der Waals surface area contributed by atoms with Gasteiger partial charge < -0.3 is 14.8 Å². The van der Waals surface area contributed by atoms with Crippen LogP contribution in [0.3, 0.4) is 0 Å². The minimum atomic E-state index is -0.409. The summed E-state index contributed by atoms with van der Waals surface area (Å²) in [5.41, 5.74) is 3.06. The zero-order valence-electron chi connectivity index (χ0n) is 20.9. The summed E-state index contributed by atoms with van der Waals surface area (Å²) in [6.45, 7) is 0. The predicted octanol–water partition coefficient (Wildman–Crippen LogP) is 7.25. The van der Waals surface area contributed by atoms with Crippen molar-refractivity contribution in [2.45, 2.75) is 21.9 Å². The minimum absolute atomic E-state index is 0.0587. The van der Waals surface area contributed by atoms with Crippen molar-refractivity contribution >= 4 is 40.5 Å². The summed E-state index contributed by atoms with van der Waals surface area (Å²) in [5.74, 6) is -0.318. The first-order valence-corrected chi connectivity index (χ1v) is 13.7. The molecule has 0 aliphatic carbocycles. The lowest BCUT2D eigenvalue weighted by Crippen LogP contribution is -2.30. The Balaban J connectivity index is 1.36. The normalized spacial score (nSPS) is 16.6. The van der Waals surface area contributed by atoms with Crippen molar-refractivity contribution in [3.8, 4) is 5.69 Å². The first-order valence-electron chi connectivity index (χ1n) is 12.4. The fourth-order valence-electron chi connectivity index (χ4n) is 4.88. The summed E-state index contributed by atoms with van der Waals surface area (Å²) in [4.78, 5) is 19.1. The smallest absolute Gasteiger partial charge is 0.269 e. The number of nitrogens with zero attached hydrogens (tertiary/aromatic N) is 4. The molecule has 1 aliphatic heterocycles. The Morgan fingerprint density at radius 2 is 1.60 bits per heavy atom. The molecule has 1 fully saturated rings. The Kier molecular flexibility index (Phi) is 7.02. The van der Waals surface area contributed by atoms with Crippen molar-refractivity contribution < 1.29 is 9.31 Å². The van der Waals surface area contributed by atoms with E-state index in [1.54, 1.807) is 30.5 Å². The summed E-state index contributed by atoms with van der Waals surface area (Å²) >= 11 is 7.36. The molecule has 1 aliphatic rings. The standard InChI is InChI=1S/C30H22FN5O2S2/c31-24-6-1-2-8-26(24)34-19-5-9-27(34)29-28(25-7-3-4-18-32-25)33-30(39)35(29)20-10-14-22(15-11-20)40-23-16-12-21(13-17-23)36(37)38/h1-19,28-29H,(H,33,39)/t28-,29-/m1/s1. The largest absolute Gasteiger partial charge is 0.351 e. The molecule has 0 amide bonds. The summed E-state index contributed by atoms with van der Waals surface area (Å²) in [7, 11) is 0. The number of hydrogen-bond acceptors (Lipinski definition) is 5. The molecule has 7 nitrogen and oxygen atoms in total. The van der Waals surface area contributed by atoms with Crippen molar-refractivity contribution in [1.29, 1.82) is 0 Å². The van der Waals surface area contributed by atoms with Crippen molar-refractivity contribution in [3.05, 3.63) is 143 Å². The second-order valence-electron chi connectivity index (χ2n) is 9.10. The van der Waals surface area contributed by atoms with Crippen LogP contribution in [-0.2, 0) is 0 Å². The molecule has 3 heterocycles. The van der Waals surface area contributed by atoms with E-state index < -0.39 is 4.92 Å². The zero-order valence-corrected chi connectivity index (χ0v) is 22.6. The number of anilines is 1. The average Bonchev–Trinajstić information content (AvgIpc) is 3.59. The van der Waals surface area contributed by atoms with Crippen LogP contribution < -0.4 is 10.2 Å². The highest BCUT2D eigenvalue weighted by atomic mass is 32.2. The molecular formula is C30H22FN5O2S2. The van der Waals surface area contributed by atoms with E-state index in [9.17, 15) is 14.5 Å². The number of benzene rings is 3. The Hall–Kier alpha value is -4.54. The van der Waals surface area contributed by atoms with Gasteiger partial charge in [0.1, 0.15) is 11.9 Å². The molecule has 40 heavy (non-hydrogen) atoms. The SMILES string of the molecule is O=[N+]([O-])c1ccc(Sc2ccc(N3C(=S)N[C@H](c4ccccn4)[C@H]3c3cccn3-c3ccccc3F)cc2)cc1. The average molecular weight is 568 g/mol. The van der Waals surface area contributed by atoms with Crippen LogP contribution in [-0.4, -0.2) is 19.6 Å². The highest BCUT2D eigenvalue weighted by molar-refractivity contribution is 7.99. The Labute approximate surface area is 239 Å². The van der Waals surface area contributed by atoms with E-state index in [1.165, 1.54) is 30.0 Å². The van der Waals surface area contributed by atoms with Gasteiger partial charge in [0.25, 0.3) is 5.69 Å². The van der Waals surface area contributed by atoms with Crippen LogP contribution in [0.4, 0.5) is 15.8 Å². The molecular weight excluding hydrogens is 545 g/mol. The number of para-hydroxylation sites is 1.